The SMILES string of the molecule is [O-][n+]1c(-c2ccccc2)c(C(O)c2ccccc2)nc2ccccc21. The Morgan fingerprint density at radius 3 is 2.12 bits per heavy atom. The normalized spacial score (nSPS) is 12.2. The lowest BCUT2D eigenvalue weighted by atomic mass is 10.0. The maximum absolute atomic E-state index is 13.1. The summed E-state index contributed by atoms with van der Waals surface area (Å²) in [6.45, 7) is 0. The molecule has 0 aliphatic carbocycles. The predicted molar refractivity (Wildman–Crippen MR) is 96.6 cm³/mol. The van der Waals surface area contributed by atoms with Crippen LogP contribution in [0.2, 0.25) is 0 Å². The highest BCUT2D eigenvalue weighted by Gasteiger charge is 2.26. The second-order valence-corrected chi connectivity index (χ2v) is 5.81. The highest BCUT2D eigenvalue weighted by molar-refractivity contribution is 5.74. The summed E-state index contributed by atoms with van der Waals surface area (Å²) >= 11 is 0. The maximum atomic E-state index is 13.1. The fourth-order valence-electron chi connectivity index (χ4n) is 2.98. The molecule has 4 heteroatoms. The summed E-state index contributed by atoms with van der Waals surface area (Å²) in [6.07, 6.45) is -0.985. The summed E-state index contributed by atoms with van der Waals surface area (Å²) in [5.41, 5.74) is 3.18. The molecular weight excluding hydrogens is 312 g/mol. The van der Waals surface area contributed by atoms with Crippen molar-refractivity contribution in [3.63, 3.8) is 0 Å². The zero-order valence-electron chi connectivity index (χ0n) is 13.4. The molecule has 0 aliphatic heterocycles. The number of hydrogen-bond acceptors (Lipinski definition) is 3. The summed E-state index contributed by atoms with van der Waals surface area (Å²) in [5, 5.41) is 24.0. The van der Waals surface area contributed by atoms with Crippen LogP contribution in [-0.4, -0.2) is 10.1 Å². The van der Waals surface area contributed by atoms with Gasteiger partial charge in [0, 0.05) is 11.6 Å². The van der Waals surface area contributed by atoms with E-state index in [-0.39, 0.29) is 0 Å². The van der Waals surface area contributed by atoms with Crippen LogP contribution in [0.3, 0.4) is 0 Å². The molecule has 3 aromatic carbocycles. The van der Waals surface area contributed by atoms with Crippen molar-refractivity contribution in [3.8, 4) is 11.3 Å². The van der Waals surface area contributed by atoms with Gasteiger partial charge in [-0.2, -0.15) is 4.73 Å². The third-order valence-corrected chi connectivity index (χ3v) is 4.21. The summed E-state index contributed by atoms with van der Waals surface area (Å²) in [6, 6.07) is 25.7. The van der Waals surface area contributed by atoms with E-state index in [1.54, 1.807) is 18.2 Å². The van der Waals surface area contributed by atoms with Crippen LogP contribution >= 0.6 is 0 Å². The van der Waals surface area contributed by atoms with Crippen LogP contribution in [0.15, 0.2) is 84.9 Å². The minimum absolute atomic E-state index is 0.353. The molecule has 1 unspecified atom stereocenters. The molecule has 0 amide bonds. The first-order valence-electron chi connectivity index (χ1n) is 8.06. The van der Waals surface area contributed by atoms with E-state index in [4.69, 9.17) is 0 Å². The molecule has 122 valence electrons. The van der Waals surface area contributed by atoms with E-state index in [9.17, 15) is 10.3 Å². The Hall–Kier alpha value is -3.24. The first-order chi connectivity index (χ1) is 12.3. The van der Waals surface area contributed by atoms with Gasteiger partial charge in [0.25, 0.3) is 0 Å². The highest BCUT2D eigenvalue weighted by atomic mass is 16.5. The Kier molecular flexibility index (Phi) is 3.88. The zero-order chi connectivity index (χ0) is 17.2. The molecule has 1 atom stereocenters. The Bertz CT molecular complexity index is 1020. The second-order valence-electron chi connectivity index (χ2n) is 5.81. The Morgan fingerprint density at radius 1 is 0.800 bits per heavy atom. The number of aromatic nitrogens is 2. The molecule has 4 aromatic rings. The summed E-state index contributed by atoms with van der Waals surface area (Å²) in [4.78, 5) is 4.62. The van der Waals surface area contributed by atoms with Crippen molar-refractivity contribution in [1.29, 1.82) is 0 Å². The minimum Gasteiger partial charge on any atom is -0.618 e. The largest absolute Gasteiger partial charge is 0.618 e. The van der Waals surface area contributed by atoms with Crippen LogP contribution < -0.4 is 4.73 Å². The lowest BCUT2D eigenvalue weighted by Gasteiger charge is -2.16. The van der Waals surface area contributed by atoms with Crippen molar-refractivity contribution in [2.75, 3.05) is 0 Å². The van der Waals surface area contributed by atoms with Gasteiger partial charge in [-0.15, -0.1) is 0 Å². The van der Waals surface area contributed by atoms with E-state index < -0.39 is 6.10 Å². The zero-order valence-corrected chi connectivity index (χ0v) is 13.4. The van der Waals surface area contributed by atoms with E-state index in [0.29, 0.717) is 28.0 Å². The van der Waals surface area contributed by atoms with Gasteiger partial charge in [0.15, 0.2) is 0 Å². The molecule has 4 rings (SSSR count). The van der Waals surface area contributed by atoms with Crippen LogP contribution in [0, 0.1) is 5.21 Å². The molecule has 0 aliphatic rings. The van der Waals surface area contributed by atoms with Gasteiger partial charge < -0.3 is 10.3 Å². The first kappa shape index (κ1) is 15.3. The molecule has 4 nitrogen and oxygen atoms in total. The monoisotopic (exact) mass is 328 g/mol. The fraction of sp³-hybridized carbons (Fsp3) is 0.0476. The molecule has 0 spiro atoms. The Labute approximate surface area is 145 Å². The van der Waals surface area contributed by atoms with Crippen molar-refractivity contribution in [2.24, 2.45) is 0 Å². The summed E-state index contributed by atoms with van der Waals surface area (Å²) in [7, 11) is 0. The van der Waals surface area contributed by atoms with Gasteiger partial charge in [-0.25, -0.2) is 4.98 Å². The first-order valence-corrected chi connectivity index (χ1v) is 8.06. The lowest BCUT2D eigenvalue weighted by molar-refractivity contribution is -0.566. The second kappa shape index (κ2) is 6.34. The third kappa shape index (κ3) is 2.73. The van der Waals surface area contributed by atoms with Crippen molar-refractivity contribution < 1.29 is 9.84 Å². The Morgan fingerprint density at radius 2 is 1.40 bits per heavy atom. The quantitative estimate of drug-likeness (QED) is 0.461. The van der Waals surface area contributed by atoms with Gasteiger partial charge in [0.05, 0.1) is 0 Å². The van der Waals surface area contributed by atoms with Gasteiger partial charge in [0.2, 0.25) is 11.2 Å². The van der Waals surface area contributed by atoms with E-state index >= 15 is 0 Å². The Balaban J connectivity index is 2.02. The van der Waals surface area contributed by atoms with Crippen molar-refractivity contribution in [2.45, 2.75) is 6.10 Å². The number of nitrogens with zero attached hydrogens (tertiary/aromatic N) is 2. The van der Waals surface area contributed by atoms with Gasteiger partial charge in [-0.05, 0) is 23.8 Å². The molecule has 0 saturated carbocycles. The molecular formula is C21H16N2O2. The number of para-hydroxylation sites is 2. The number of hydrogen-bond donors (Lipinski definition) is 1. The lowest BCUT2D eigenvalue weighted by Crippen LogP contribution is -2.33. The van der Waals surface area contributed by atoms with Crippen LogP contribution in [0.25, 0.3) is 22.3 Å². The molecule has 0 fully saturated rings. The number of benzene rings is 3. The summed E-state index contributed by atoms with van der Waals surface area (Å²) < 4.78 is 0.860. The van der Waals surface area contributed by atoms with E-state index in [1.165, 1.54) is 0 Å². The highest BCUT2D eigenvalue weighted by Crippen LogP contribution is 2.29. The average molecular weight is 328 g/mol. The number of aliphatic hydroxyl groups excluding tert-OH is 1. The minimum atomic E-state index is -0.985. The smallest absolute Gasteiger partial charge is 0.249 e. The van der Waals surface area contributed by atoms with Crippen LogP contribution in [0.4, 0.5) is 0 Å². The molecule has 1 N–H and O–H groups in total. The van der Waals surface area contributed by atoms with Gasteiger partial charge >= 0.3 is 0 Å². The van der Waals surface area contributed by atoms with Gasteiger partial charge in [0.1, 0.15) is 17.3 Å². The third-order valence-electron chi connectivity index (χ3n) is 4.21. The van der Waals surface area contributed by atoms with Crippen molar-refractivity contribution >= 4 is 11.0 Å². The predicted octanol–water partition coefficient (Wildman–Crippen LogP) is 3.62. The van der Waals surface area contributed by atoms with E-state index in [2.05, 4.69) is 4.98 Å². The van der Waals surface area contributed by atoms with Crippen molar-refractivity contribution in [3.05, 3.63) is 101 Å². The number of fused-ring (bicyclic) bond motifs is 1. The standard InChI is InChI=1S/C21H16N2O2/c24-21(16-11-5-2-6-12-16)19-20(15-9-3-1-4-10-15)23(25)18-14-8-7-13-17(18)22-19/h1-14,21,24H. The molecule has 0 bridgehead atoms. The van der Waals surface area contributed by atoms with E-state index in [0.717, 1.165) is 10.3 Å². The average Bonchev–Trinajstić information content (AvgIpc) is 2.69. The summed E-state index contributed by atoms with van der Waals surface area (Å²) in [5.74, 6) is 0. The maximum Gasteiger partial charge on any atom is 0.249 e. The van der Waals surface area contributed by atoms with Crippen LogP contribution in [0.5, 0.6) is 0 Å². The molecule has 0 saturated heterocycles. The van der Waals surface area contributed by atoms with Crippen molar-refractivity contribution in [1.82, 2.24) is 4.98 Å². The number of rotatable bonds is 3. The topological polar surface area (TPSA) is 60.1 Å². The number of aliphatic hydroxyl groups is 1. The van der Waals surface area contributed by atoms with Crippen LogP contribution in [0.1, 0.15) is 17.4 Å². The van der Waals surface area contributed by atoms with Gasteiger partial charge in [-0.3, -0.25) is 0 Å². The van der Waals surface area contributed by atoms with Crippen LogP contribution in [-0.2, 0) is 0 Å². The van der Waals surface area contributed by atoms with Gasteiger partial charge in [-0.1, -0.05) is 60.7 Å². The molecule has 0 radical (unpaired) electrons. The van der Waals surface area contributed by atoms with E-state index in [1.807, 2.05) is 66.7 Å². The molecule has 1 aromatic heterocycles. The fourth-order valence-corrected chi connectivity index (χ4v) is 2.98. The molecule has 25 heavy (non-hydrogen) atoms. The molecule has 1 heterocycles.